The fourth-order valence-corrected chi connectivity index (χ4v) is 1.50. The molecule has 1 saturated heterocycles. The Morgan fingerprint density at radius 2 is 2.17 bits per heavy atom. The van der Waals surface area contributed by atoms with Gasteiger partial charge < -0.3 is 9.47 Å². The number of hydrogen-bond donors (Lipinski definition) is 0. The molecule has 0 bridgehead atoms. The Labute approximate surface area is 107 Å². The quantitative estimate of drug-likeness (QED) is 0.346. The minimum atomic E-state index is -0.317. The number of esters is 1. The van der Waals surface area contributed by atoms with Gasteiger partial charge in [-0.25, -0.2) is 4.79 Å². The first-order valence-electron chi connectivity index (χ1n) is 5.88. The van der Waals surface area contributed by atoms with E-state index in [0.717, 1.165) is 11.1 Å². The molecule has 0 N–H and O–H groups in total. The molecule has 1 unspecified atom stereocenters. The summed E-state index contributed by atoms with van der Waals surface area (Å²) in [5, 5.41) is 0. The van der Waals surface area contributed by atoms with Gasteiger partial charge in [-0.2, -0.15) is 0 Å². The first-order chi connectivity index (χ1) is 8.66. The molecule has 1 aromatic rings. The summed E-state index contributed by atoms with van der Waals surface area (Å²) in [6.07, 6.45) is 1.84. The number of ether oxygens (including phenoxy) is 2. The van der Waals surface area contributed by atoms with Gasteiger partial charge in [-0.15, -0.1) is 0 Å². The summed E-state index contributed by atoms with van der Waals surface area (Å²) in [5.74, 6) is -0.317. The largest absolute Gasteiger partial charge is 0.459 e. The van der Waals surface area contributed by atoms with Crippen molar-refractivity contribution in [2.24, 2.45) is 0 Å². The van der Waals surface area contributed by atoms with Crippen LogP contribution in [0, 0.1) is 0 Å². The van der Waals surface area contributed by atoms with Crippen LogP contribution in [-0.4, -0.2) is 25.3 Å². The molecular formula is C15H16O3. The Morgan fingerprint density at radius 1 is 1.50 bits per heavy atom. The summed E-state index contributed by atoms with van der Waals surface area (Å²) in [7, 11) is 0. The zero-order chi connectivity index (χ0) is 13.0. The number of epoxide rings is 1. The van der Waals surface area contributed by atoms with Crippen LogP contribution in [0.1, 0.15) is 12.5 Å². The van der Waals surface area contributed by atoms with Gasteiger partial charge in [0.15, 0.2) is 0 Å². The van der Waals surface area contributed by atoms with E-state index in [2.05, 4.69) is 6.58 Å². The van der Waals surface area contributed by atoms with Crippen LogP contribution in [0.3, 0.4) is 0 Å². The van der Waals surface area contributed by atoms with E-state index in [1.54, 1.807) is 13.0 Å². The lowest BCUT2D eigenvalue weighted by atomic mass is 10.1. The zero-order valence-electron chi connectivity index (χ0n) is 10.4. The lowest BCUT2D eigenvalue weighted by Crippen LogP contribution is -2.10. The van der Waals surface area contributed by atoms with Gasteiger partial charge in [-0.05, 0) is 24.1 Å². The third-order valence-corrected chi connectivity index (χ3v) is 2.66. The van der Waals surface area contributed by atoms with Crippen molar-refractivity contribution in [2.45, 2.75) is 13.0 Å². The maximum Gasteiger partial charge on any atom is 0.333 e. The summed E-state index contributed by atoms with van der Waals surface area (Å²) < 4.78 is 10.1. The summed E-state index contributed by atoms with van der Waals surface area (Å²) in [4.78, 5) is 11.7. The molecule has 1 fully saturated rings. The van der Waals surface area contributed by atoms with E-state index >= 15 is 0 Å². The number of carbonyl (C=O) groups excluding carboxylic acids is 1. The average molecular weight is 244 g/mol. The highest BCUT2D eigenvalue weighted by Crippen LogP contribution is 2.16. The molecule has 0 amide bonds. The smallest absolute Gasteiger partial charge is 0.333 e. The van der Waals surface area contributed by atoms with E-state index in [4.69, 9.17) is 9.47 Å². The molecular weight excluding hydrogens is 228 g/mol. The highest BCUT2D eigenvalue weighted by Gasteiger charge is 2.24. The molecule has 0 radical (unpaired) electrons. The summed E-state index contributed by atoms with van der Waals surface area (Å²) in [6, 6.07) is 9.72. The van der Waals surface area contributed by atoms with Gasteiger partial charge in [0.05, 0.1) is 6.61 Å². The topological polar surface area (TPSA) is 38.8 Å². The monoisotopic (exact) mass is 244 g/mol. The van der Waals surface area contributed by atoms with Crippen molar-refractivity contribution in [1.29, 1.82) is 0 Å². The van der Waals surface area contributed by atoms with Gasteiger partial charge in [0, 0.05) is 5.57 Å². The summed E-state index contributed by atoms with van der Waals surface area (Å²) in [6.45, 7) is 6.69. The van der Waals surface area contributed by atoms with E-state index in [0.29, 0.717) is 18.8 Å². The molecule has 1 aliphatic heterocycles. The van der Waals surface area contributed by atoms with E-state index in [9.17, 15) is 4.79 Å². The van der Waals surface area contributed by atoms with Gasteiger partial charge in [-0.1, -0.05) is 36.9 Å². The van der Waals surface area contributed by atoms with Gasteiger partial charge in [0.2, 0.25) is 0 Å². The Kier molecular flexibility index (Phi) is 3.95. The molecule has 2 rings (SSSR count). The maximum absolute atomic E-state index is 11.7. The molecule has 0 spiro atoms. The second-order valence-electron chi connectivity index (χ2n) is 4.27. The lowest BCUT2D eigenvalue weighted by Gasteiger charge is -2.04. The average Bonchev–Trinajstić information content (AvgIpc) is 3.21. The van der Waals surface area contributed by atoms with Crippen LogP contribution in [0.2, 0.25) is 0 Å². The second kappa shape index (κ2) is 5.65. The van der Waals surface area contributed by atoms with Crippen molar-refractivity contribution in [2.75, 3.05) is 13.2 Å². The van der Waals surface area contributed by atoms with Crippen LogP contribution in [0.25, 0.3) is 5.57 Å². The van der Waals surface area contributed by atoms with E-state index in [-0.39, 0.29) is 12.1 Å². The SMILES string of the molecule is C=C(C=C(C)C(=O)OCC1CO1)c1ccccc1. The minimum Gasteiger partial charge on any atom is -0.459 e. The van der Waals surface area contributed by atoms with Crippen LogP contribution in [0.15, 0.2) is 48.6 Å². The number of hydrogen-bond acceptors (Lipinski definition) is 3. The van der Waals surface area contributed by atoms with Crippen molar-refractivity contribution in [3.63, 3.8) is 0 Å². The Morgan fingerprint density at radius 3 is 2.78 bits per heavy atom. The normalized spacial score (nSPS) is 18.3. The van der Waals surface area contributed by atoms with Crippen LogP contribution < -0.4 is 0 Å². The third-order valence-electron chi connectivity index (χ3n) is 2.66. The Hall–Kier alpha value is -1.87. The minimum absolute atomic E-state index is 0.0964. The van der Waals surface area contributed by atoms with Crippen LogP contribution in [0.4, 0.5) is 0 Å². The standard InChI is InChI=1S/C15H16O3/c1-11(13-6-4-3-5-7-13)8-12(2)15(16)18-10-14-9-17-14/h3-8,14H,1,9-10H2,2H3. The Bertz CT molecular complexity index is 470. The predicted molar refractivity (Wildman–Crippen MR) is 69.9 cm³/mol. The van der Waals surface area contributed by atoms with E-state index < -0.39 is 0 Å². The van der Waals surface area contributed by atoms with Crippen molar-refractivity contribution in [1.82, 2.24) is 0 Å². The fourth-order valence-electron chi connectivity index (χ4n) is 1.50. The number of rotatable bonds is 5. The van der Waals surface area contributed by atoms with Crippen molar-refractivity contribution >= 4 is 11.5 Å². The van der Waals surface area contributed by atoms with Crippen LogP contribution in [-0.2, 0) is 14.3 Å². The number of allylic oxidation sites excluding steroid dienone is 2. The Balaban J connectivity index is 1.94. The summed E-state index contributed by atoms with van der Waals surface area (Å²) >= 11 is 0. The van der Waals surface area contributed by atoms with Crippen molar-refractivity contribution < 1.29 is 14.3 Å². The number of carbonyl (C=O) groups is 1. The van der Waals surface area contributed by atoms with Crippen molar-refractivity contribution in [3.05, 3.63) is 54.1 Å². The second-order valence-corrected chi connectivity index (χ2v) is 4.27. The molecule has 1 atom stereocenters. The molecule has 1 heterocycles. The number of benzene rings is 1. The molecule has 3 heteroatoms. The highest BCUT2D eigenvalue weighted by molar-refractivity contribution is 5.91. The van der Waals surface area contributed by atoms with Gasteiger partial charge in [-0.3, -0.25) is 0 Å². The van der Waals surface area contributed by atoms with Gasteiger partial charge >= 0.3 is 5.97 Å². The highest BCUT2D eigenvalue weighted by atomic mass is 16.6. The van der Waals surface area contributed by atoms with Crippen molar-refractivity contribution in [3.8, 4) is 0 Å². The molecule has 3 nitrogen and oxygen atoms in total. The van der Waals surface area contributed by atoms with E-state index in [1.165, 1.54) is 0 Å². The molecule has 94 valence electrons. The maximum atomic E-state index is 11.7. The molecule has 0 saturated carbocycles. The van der Waals surface area contributed by atoms with Crippen LogP contribution >= 0.6 is 0 Å². The molecule has 18 heavy (non-hydrogen) atoms. The molecule has 1 aromatic carbocycles. The molecule has 1 aliphatic rings. The predicted octanol–water partition coefficient (Wildman–Crippen LogP) is 2.59. The van der Waals surface area contributed by atoms with Gasteiger partial charge in [0.25, 0.3) is 0 Å². The summed E-state index contributed by atoms with van der Waals surface area (Å²) in [5.41, 5.74) is 2.34. The molecule has 0 aliphatic carbocycles. The first kappa shape index (κ1) is 12.6. The first-order valence-corrected chi connectivity index (χ1v) is 5.88. The fraction of sp³-hybridized carbons (Fsp3) is 0.267. The van der Waals surface area contributed by atoms with E-state index in [1.807, 2.05) is 30.3 Å². The third kappa shape index (κ3) is 3.57. The zero-order valence-corrected chi connectivity index (χ0v) is 10.4. The molecule has 0 aromatic heterocycles. The lowest BCUT2D eigenvalue weighted by molar-refractivity contribution is -0.139. The van der Waals surface area contributed by atoms with Crippen LogP contribution in [0.5, 0.6) is 0 Å². The van der Waals surface area contributed by atoms with Gasteiger partial charge in [0.1, 0.15) is 12.7 Å².